The maximum atomic E-state index is 13.9. The number of halogens is 1. The summed E-state index contributed by atoms with van der Waals surface area (Å²) >= 11 is 0. The van der Waals surface area contributed by atoms with E-state index in [4.69, 9.17) is 0 Å². The van der Waals surface area contributed by atoms with Crippen LogP contribution in [0.5, 0.6) is 0 Å². The third-order valence-electron chi connectivity index (χ3n) is 2.28. The molecule has 1 aromatic carbocycles. The van der Waals surface area contributed by atoms with Crippen molar-refractivity contribution >= 4 is 16.9 Å². The number of hydrogen-bond donors (Lipinski definition) is 1. The van der Waals surface area contributed by atoms with Crippen LogP contribution in [0, 0.1) is 5.82 Å². The topological polar surface area (TPSA) is 50.4 Å². The minimum Gasteiger partial charge on any atom is -0.465 e. The minimum atomic E-state index is -0.799. The molecule has 4 nitrogen and oxygen atoms in total. The quantitative estimate of drug-likeness (QED) is 0.449. The van der Waals surface area contributed by atoms with Crippen LogP contribution in [-0.4, -0.2) is 18.3 Å². The molecule has 16 heavy (non-hydrogen) atoms. The number of nitrogens with zero attached hydrogens (tertiary/aromatic N) is 1. The monoisotopic (exact) mass is 222 g/mol. The summed E-state index contributed by atoms with van der Waals surface area (Å²) in [6, 6.07) is 6.06. The SMILES string of the molecule is COC(=O)c1ccc2ccc[n+](O)c2c1F. The normalized spacial score (nSPS) is 10.4. The first-order valence-corrected chi connectivity index (χ1v) is 4.55. The molecule has 0 aliphatic heterocycles. The van der Waals surface area contributed by atoms with Gasteiger partial charge in [0.2, 0.25) is 12.0 Å². The van der Waals surface area contributed by atoms with Crippen LogP contribution in [0.25, 0.3) is 10.9 Å². The van der Waals surface area contributed by atoms with Gasteiger partial charge in [0.1, 0.15) is 5.56 Å². The highest BCUT2D eigenvalue weighted by atomic mass is 19.1. The van der Waals surface area contributed by atoms with Gasteiger partial charge < -0.3 is 4.74 Å². The van der Waals surface area contributed by atoms with E-state index in [1.165, 1.54) is 25.4 Å². The van der Waals surface area contributed by atoms with Gasteiger partial charge in [-0.15, -0.1) is 0 Å². The summed E-state index contributed by atoms with van der Waals surface area (Å²) in [4.78, 5) is 11.2. The molecule has 2 rings (SSSR count). The second-order valence-electron chi connectivity index (χ2n) is 3.21. The number of rotatable bonds is 1. The van der Waals surface area contributed by atoms with Gasteiger partial charge in [-0.1, -0.05) is 0 Å². The van der Waals surface area contributed by atoms with Crippen LogP contribution in [0.3, 0.4) is 0 Å². The maximum absolute atomic E-state index is 13.9. The molecule has 82 valence electrons. The van der Waals surface area contributed by atoms with Crippen molar-refractivity contribution in [3.8, 4) is 0 Å². The predicted octanol–water partition coefficient (Wildman–Crippen LogP) is 1.29. The molecule has 0 fully saturated rings. The van der Waals surface area contributed by atoms with Crippen molar-refractivity contribution in [1.82, 2.24) is 0 Å². The molecule has 0 saturated heterocycles. The molecule has 0 radical (unpaired) electrons. The molecule has 0 aliphatic rings. The van der Waals surface area contributed by atoms with Gasteiger partial charge in [-0.2, -0.15) is 4.39 Å². The average Bonchev–Trinajstić information content (AvgIpc) is 2.28. The van der Waals surface area contributed by atoms with Crippen LogP contribution in [0.15, 0.2) is 30.5 Å². The zero-order chi connectivity index (χ0) is 11.7. The third-order valence-corrected chi connectivity index (χ3v) is 2.28. The van der Waals surface area contributed by atoms with Gasteiger partial charge in [-0.25, -0.2) is 4.79 Å². The summed E-state index contributed by atoms with van der Waals surface area (Å²) in [6.45, 7) is 0. The number of methoxy groups -OCH3 is 1. The van der Waals surface area contributed by atoms with Crippen molar-refractivity contribution < 1.29 is 23.9 Å². The van der Waals surface area contributed by atoms with E-state index in [-0.39, 0.29) is 11.1 Å². The standard InChI is InChI=1S/C11H9FNO3/c1-16-11(14)8-5-4-7-3-2-6-13(15)10(7)9(8)12/h2-6,15H,1H3/q+1. The number of esters is 1. The number of pyridine rings is 1. The molecule has 1 N–H and O–H groups in total. The van der Waals surface area contributed by atoms with Crippen LogP contribution in [0.2, 0.25) is 0 Å². The lowest BCUT2D eigenvalue weighted by atomic mass is 10.1. The summed E-state index contributed by atoms with van der Waals surface area (Å²) in [5, 5.41) is 9.95. The van der Waals surface area contributed by atoms with E-state index in [1.54, 1.807) is 12.1 Å². The summed E-state index contributed by atoms with van der Waals surface area (Å²) in [7, 11) is 1.17. The molecule has 0 bridgehead atoms. The summed E-state index contributed by atoms with van der Waals surface area (Å²) in [5.41, 5.74) is -0.255. The van der Waals surface area contributed by atoms with E-state index in [9.17, 15) is 14.4 Å². The van der Waals surface area contributed by atoms with E-state index in [0.29, 0.717) is 10.1 Å². The van der Waals surface area contributed by atoms with Crippen LogP contribution < -0.4 is 4.73 Å². The van der Waals surface area contributed by atoms with E-state index in [1.807, 2.05) is 0 Å². The lowest BCUT2D eigenvalue weighted by Gasteiger charge is -2.01. The Morgan fingerprint density at radius 2 is 2.19 bits per heavy atom. The van der Waals surface area contributed by atoms with E-state index in [2.05, 4.69) is 4.74 Å². The van der Waals surface area contributed by atoms with Crippen LogP contribution in [-0.2, 0) is 4.74 Å². The number of aromatic nitrogens is 1. The van der Waals surface area contributed by atoms with Gasteiger partial charge in [0.15, 0.2) is 0 Å². The Kier molecular flexibility index (Phi) is 2.44. The first kappa shape index (κ1) is 10.4. The summed E-state index contributed by atoms with van der Waals surface area (Å²) in [6.07, 6.45) is 1.28. The second kappa shape index (κ2) is 3.77. The van der Waals surface area contributed by atoms with E-state index in [0.717, 1.165) is 0 Å². The van der Waals surface area contributed by atoms with Crippen molar-refractivity contribution in [2.75, 3.05) is 7.11 Å². The maximum Gasteiger partial charge on any atom is 0.341 e. The fourth-order valence-corrected chi connectivity index (χ4v) is 1.52. The third kappa shape index (κ3) is 1.46. The molecule has 0 aliphatic carbocycles. The smallest absolute Gasteiger partial charge is 0.341 e. The van der Waals surface area contributed by atoms with Crippen molar-refractivity contribution in [3.63, 3.8) is 0 Å². The first-order valence-electron chi connectivity index (χ1n) is 4.55. The Bertz CT molecular complexity index is 568. The molecule has 0 spiro atoms. The van der Waals surface area contributed by atoms with Gasteiger partial charge in [-0.3, -0.25) is 5.21 Å². The second-order valence-corrected chi connectivity index (χ2v) is 3.21. The van der Waals surface area contributed by atoms with Crippen LogP contribution >= 0.6 is 0 Å². The first-order chi connectivity index (χ1) is 7.65. The number of hydrogen-bond acceptors (Lipinski definition) is 3. The van der Waals surface area contributed by atoms with Gasteiger partial charge in [0.05, 0.1) is 12.5 Å². The molecular formula is C11H9FNO3+. The predicted molar refractivity (Wildman–Crippen MR) is 52.6 cm³/mol. The van der Waals surface area contributed by atoms with E-state index < -0.39 is 11.8 Å². The number of ether oxygens (including phenoxy) is 1. The Hall–Kier alpha value is -2.17. The molecule has 0 unspecified atom stereocenters. The molecule has 5 heteroatoms. The Balaban J connectivity index is 2.78. The largest absolute Gasteiger partial charge is 0.465 e. The number of fused-ring (bicyclic) bond motifs is 1. The van der Waals surface area contributed by atoms with Gasteiger partial charge in [0, 0.05) is 10.8 Å². The molecule has 2 aromatic rings. The van der Waals surface area contributed by atoms with Gasteiger partial charge in [0.25, 0.3) is 0 Å². The highest BCUT2D eigenvalue weighted by Crippen LogP contribution is 2.18. The number of carbonyl (C=O) groups excluding carboxylic acids is 1. The molecule has 0 atom stereocenters. The highest BCUT2D eigenvalue weighted by molar-refractivity contribution is 5.94. The van der Waals surface area contributed by atoms with Crippen molar-refractivity contribution in [3.05, 3.63) is 41.8 Å². The zero-order valence-electron chi connectivity index (χ0n) is 8.48. The molecule has 1 aromatic heterocycles. The lowest BCUT2D eigenvalue weighted by Crippen LogP contribution is -2.31. The molecule has 1 heterocycles. The van der Waals surface area contributed by atoms with Gasteiger partial charge >= 0.3 is 11.5 Å². The number of carbonyl (C=O) groups is 1. The summed E-state index contributed by atoms with van der Waals surface area (Å²) < 4.78 is 19.0. The fourth-order valence-electron chi connectivity index (χ4n) is 1.52. The van der Waals surface area contributed by atoms with Crippen molar-refractivity contribution in [1.29, 1.82) is 0 Å². The summed E-state index contributed by atoms with van der Waals surface area (Å²) in [5.74, 6) is -1.57. The zero-order valence-corrected chi connectivity index (χ0v) is 8.48. The van der Waals surface area contributed by atoms with Crippen molar-refractivity contribution in [2.24, 2.45) is 0 Å². The molecular weight excluding hydrogens is 213 g/mol. The lowest BCUT2D eigenvalue weighted by molar-refractivity contribution is -0.885. The van der Waals surface area contributed by atoms with E-state index >= 15 is 0 Å². The van der Waals surface area contributed by atoms with Crippen molar-refractivity contribution in [2.45, 2.75) is 0 Å². The van der Waals surface area contributed by atoms with Crippen LogP contribution in [0.1, 0.15) is 10.4 Å². The number of benzene rings is 1. The molecule has 0 amide bonds. The Labute approximate surface area is 90.5 Å². The Morgan fingerprint density at radius 1 is 1.44 bits per heavy atom. The highest BCUT2D eigenvalue weighted by Gasteiger charge is 2.21. The van der Waals surface area contributed by atoms with Crippen LogP contribution in [0.4, 0.5) is 4.39 Å². The minimum absolute atomic E-state index is 0.0506. The fraction of sp³-hybridized carbons (Fsp3) is 0.0909. The average molecular weight is 222 g/mol. The van der Waals surface area contributed by atoms with Gasteiger partial charge in [-0.05, 0) is 18.2 Å². The Morgan fingerprint density at radius 3 is 2.88 bits per heavy atom. The molecule has 0 saturated carbocycles.